The third kappa shape index (κ3) is 4.85. The Balaban J connectivity index is 1.33. The van der Waals surface area contributed by atoms with Gasteiger partial charge in [-0.2, -0.15) is 0 Å². The van der Waals surface area contributed by atoms with Crippen LogP contribution in [0.4, 0.5) is 5.69 Å². The van der Waals surface area contributed by atoms with E-state index in [4.69, 9.17) is 9.47 Å². The van der Waals surface area contributed by atoms with E-state index in [1.807, 2.05) is 49.3 Å². The van der Waals surface area contributed by atoms with Gasteiger partial charge in [-0.15, -0.1) is 0 Å². The second kappa shape index (κ2) is 10.4. The van der Waals surface area contributed by atoms with Crippen LogP contribution in [0.3, 0.4) is 0 Å². The highest BCUT2D eigenvalue weighted by atomic mass is 16.6. The zero-order valence-corrected chi connectivity index (χ0v) is 23.5. The van der Waals surface area contributed by atoms with Crippen molar-refractivity contribution in [2.24, 2.45) is 17.3 Å². The van der Waals surface area contributed by atoms with Crippen LogP contribution in [0.2, 0.25) is 0 Å². The summed E-state index contributed by atoms with van der Waals surface area (Å²) in [5.41, 5.74) is 4.00. The number of anilines is 1. The number of rotatable bonds is 7. The van der Waals surface area contributed by atoms with Crippen LogP contribution in [0.5, 0.6) is 0 Å². The van der Waals surface area contributed by atoms with Crippen LogP contribution in [0.1, 0.15) is 70.8 Å². The maximum absolute atomic E-state index is 13.8. The Hall–Kier alpha value is -3.22. The zero-order valence-electron chi connectivity index (χ0n) is 23.5. The van der Waals surface area contributed by atoms with E-state index in [2.05, 4.69) is 6.92 Å². The van der Waals surface area contributed by atoms with Crippen molar-refractivity contribution < 1.29 is 28.7 Å². The molecule has 4 atom stereocenters. The molecule has 0 N–H and O–H groups in total. The second-order valence-electron chi connectivity index (χ2n) is 12.1. The van der Waals surface area contributed by atoms with Crippen molar-refractivity contribution in [2.45, 2.75) is 77.2 Å². The van der Waals surface area contributed by atoms with Gasteiger partial charge in [-0.25, -0.2) is 0 Å². The van der Waals surface area contributed by atoms with Crippen molar-refractivity contribution in [1.82, 2.24) is 0 Å². The lowest BCUT2D eigenvalue weighted by molar-refractivity contribution is -0.186. The highest BCUT2D eigenvalue weighted by Crippen LogP contribution is 2.64. The molecule has 5 rings (SSSR count). The summed E-state index contributed by atoms with van der Waals surface area (Å²) in [7, 11) is 3.90. The van der Waals surface area contributed by atoms with Gasteiger partial charge in [0.15, 0.2) is 18.0 Å². The van der Waals surface area contributed by atoms with E-state index in [1.165, 1.54) is 23.6 Å². The van der Waals surface area contributed by atoms with Crippen molar-refractivity contribution in [1.29, 1.82) is 0 Å². The number of allylic oxidation sites excluding steroid dienone is 4. The SMILES string of the molecule is CC(=O)O[C@]1(C(=O)COC(=O)Cc2ccc(N(C)C)cc2)CC[C@H]2[C@@H]3CCC4=CC(=O)CCC4=C3CC[C@@]21C. The summed E-state index contributed by atoms with van der Waals surface area (Å²) < 4.78 is 11.4. The lowest BCUT2D eigenvalue weighted by Crippen LogP contribution is -2.57. The molecule has 4 aliphatic rings. The van der Waals surface area contributed by atoms with Gasteiger partial charge < -0.3 is 14.4 Å². The van der Waals surface area contributed by atoms with Gasteiger partial charge in [-0.3, -0.25) is 19.2 Å². The standard InChI is InChI=1S/C32H39NO6/c1-20(34)39-32(29(36)19-38-30(37)17-21-5-8-23(9-6-21)33(3)4)16-14-28-27-11-7-22-18-24(35)10-12-25(22)26(27)13-15-31(28,32)2/h5-6,8-9,18,27-28H,7,10-17,19H2,1-4H3/t27-,28+,31+,32+/m1/s1. The Labute approximate surface area is 230 Å². The number of nitrogens with zero attached hydrogens (tertiary/aromatic N) is 1. The van der Waals surface area contributed by atoms with E-state index >= 15 is 0 Å². The Morgan fingerprint density at radius 2 is 1.74 bits per heavy atom. The number of esters is 2. The third-order valence-corrected chi connectivity index (χ3v) is 9.79. The third-order valence-electron chi connectivity index (χ3n) is 9.79. The van der Waals surface area contributed by atoms with Gasteiger partial charge in [-0.05, 0) is 91.7 Å². The number of carbonyl (C=O) groups is 4. The average Bonchev–Trinajstić information content (AvgIpc) is 3.19. The fourth-order valence-corrected chi connectivity index (χ4v) is 7.85. The molecule has 0 unspecified atom stereocenters. The summed E-state index contributed by atoms with van der Waals surface area (Å²) in [6, 6.07) is 7.63. The molecule has 0 amide bonds. The molecule has 0 bridgehead atoms. The van der Waals surface area contributed by atoms with Crippen molar-refractivity contribution in [2.75, 3.05) is 25.6 Å². The lowest BCUT2D eigenvalue weighted by Gasteiger charge is -2.52. The van der Waals surface area contributed by atoms with E-state index in [-0.39, 0.29) is 23.9 Å². The molecule has 0 aromatic heterocycles. The quantitative estimate of drug-likeness (QED) is 0.460. The van der Waals surface area contributed by atoms with Crippen LogP contribution < -0.4 is 4.90 Å². The minimum Gasteiger partial charge on any atom is -0.457 e. The van der Waals surface area contributed by atoms with Crippen LogP contribution in [0, 0.1) is 17.3 Å². The first-order chi connectivity index (χ1) is 18.5. The maximum atomic E-state index is 13.8. The number of benzene rings is 1. The van der Waals surface area contributed by atoms with Crippen molar-refractivity contribution in [3.05, 3.63) is 52.6 Å². The van der Waals surface area contributed by atoms with Crippen molar-refractivity contribution >= 4 is 29.2 Å². The smallest absolute Gasteiger partial charge is 0.310 e. The fraction of sp³-hybridized carbons (Fsp3) is 0.562. The van der Waals surface area contributed by atoms with Crippen LogP contribution in [0.25, 0.3) is 0 Å². The van der Waals surface area contributed by atoms with Gasteiger partial charge in [0.05, 0.1) is 6.42 Å². The van der Waals surface area contributed by atoms with Gasteiger partial charge in [0, 0.05) is 38.5 Å². The molecule has 1 aromatic rings. The largest absolute Gasteiger partial charge is 0.457 e. The number of carbonyl (C=O) groups excluding carboxylic acids is 4. The van der Waals surface area contributed by atoms with E-state index in [9.17, 15) is 19.2 Å². The van der Waals surface area contributed by atoms with Gasteiger partial charge in [-0.1, -0.05) is 24.6 Å². The number of ketones is 2. The molecule has 2 saturated carbocycles. The molecule has 39 heavy (non-hydrogen) atoms. The first-order valence-electron chi connectivity index (χ1n) is 14.1. The van der Waals surface area contributed by atoms with E-state index in [1.54, 1.807) is 0 Å². The molecule has 0 aliphatic heterocycles. The second-order valence-corrected chi connectivity index (χ2v) is 12.1. The van der Waals surface area contributed by atoms with Crippen molar-refractivity contribution in [3.8, 4) is 0 Å². The summed E-state index contributed by atoms with van der Waals surface area (Å²) in [6.07, 6.45) is 7.88. The Morgan fingerprint density at radius 1 is 1.00 bits per heavy atom. The summed E-state index contributed by atoms with van der Waals surface area (Å²) in [5, 5.41) is 0. The molecule has 2 fully saturated rings. The molecule has 7 heteroatoms. The molecule has 7 nitrogen and oxygen atoms in total. The van der Waals surface area contributed by atoms with Gasteiger partial charge in [0.1, 0.15) is 0 Å². The highest BCUT2D eigenvalue weighted by Gasteiger charge is 2.66. The van der Waals surface area contributed by atoms with Crippen LogP contribution >= 0.6 is 0 Å². The minimum absolute atomic E-state index is 0.0683. The van der Waals surface area contributed by atoms with Gasteiger partial charge in [0.2, 0.25) is 5.78 Å². The van der Waals surface area contributed by atoms with Crippen LogP contribution in [-0.4, -0.2) is 49.8 Å². The molecule has 0 spiro atoms. The highest BCUT2D eigenvalue weighted by molar-refractivity contribution is 5.94. The normalized spacial score (nSPS) is 29.5. The van der Waals surface area contributed by atoms with Gasteiger partial charge in [0.25, 0.3) is 0 Å². The number of fused-ring (bicyclic) bond motifs is 4. The minimum atomic E-state index is -1.30. The first-order valence-corrected chi connectivity index (χ1v) is 14.1. The first kappa shape index (κ1) is 27.4. The van der Waals surface area contributed by atoms with Gasteiger partial charge >= 0.3 is 11.9 Å². The number of hydrogen-bond donors (Lipinski definition) is 0. The summed E-state index contributed by atoms with van der Waals surface area (Å²) in [4.78, 5) is 52.8. The Kier molecular flexibility index (Phi) is 7.29. The maximum Gasteiger partial charge on any atom is 0.310 e. The molecule has 0 saturated heterocycles. The molecular formula is C32H39NO6. The lowest BCUT2D eigenvalue weighted by atomic mass is 9.54. The number of ether oxygens (including phenoxy) is 2. The fourth-order valence-electron chi connectivity index (χ4n) is 7.85. The Morgan fingerprint density at radius 3 is 2.44 bits per heavy atom. The van der Waals surface area contributed by atoms with E-state index in [0.717, 1.165) is 49.8 Å². The Bertz CT molecular complexity index is 1260. The molecule has 4 aliphatic carbocycles. The summed E-state index contributed by atoms with van der Waals surface area (Å²) in [6.45, 7) is 3.04. The van der Waals surface area contributed by atoms with E-state index < -0.39 is 29.6 Å². The predicted octanol–water partition coefficient (Wildman–Crippen LogP) is 4.92. The summed E-state index contributed by atoms with van der Waals surface area (Å²) >= 11 is 0. The zero-order chi connectivity index (χ0) is 27.9. The van der Waals surface area contributed by atoms with Crippen molar-refractivity contribution in [3.63, 3.8) is 0 Å². The number of Topliss-reactive ketones (excluding diaryl/α,β-unsaturated/α-hetero) is 1. The molecule has 0 heterocycles. The molecule has 208 valence electrons. The summed E-state index contributed by atoms with van der Waals surface area (Å²) in [5.74, 6) is -0.554. The molecule has 0 radical (unpaired) electrons. The topological polar surface area (TPSA) is 90.0 Å². The molecule has 1 aromatic carbocycles. The average molecular weight is 534 g/mol. The van der Waals surface area contributed by atoms with Crippen LogP contribution in [0.15, 0.2) is 47.1 Å². The van der Waals surface area contributed by atoms with Crippen LogP contribution in [-0.2, 0) is 35.1 Å². The predicted molar refractivity (Wildman–Crippen MR) is 147 cm³/mol. The monoisotopic (exact) mass is 533 g/mol. The molecular weight excluding hydrogens is 494 g/mol. The number of hydrogen-bond acceptors (Lipinski definition) is 7. The van der Waals surface area contributed by atoms with E-state index in [0.29, 0.717) is 18.8 Å².